The molecule has 1 aliphatic carbocycles. The molecular weight excluding hydrogens is 218 g/mol. The molecule has 4 heteroatoms. The van der Waals surface area contributed by atoms with E-state index >= 15 is 0 Å². The highest BCUT2D eigenvalue weighted by Gasteiger charge is 2.19. The van der Waals surface area contributed by atoms with Crippen LogP contribution in [0.4, 0.5) is 0 Å². The Morgan fingerprint density at radius 1 is 1.38 bits per heavy atom. The largest absolute Gasteiger partial charge is 0.222 e. The first-order valence-corrected chi connectivity index (χ1v) is 7.03. The molecule has 0 spiro atoms. The summed E-state index contributed by atoms with van der Waals surface area (Å²) < 4.78 is 1.97. The fourth-order valence-corrected chi connectivity index (χ4v) is 3.32. The van der Waals surface area contributed by atoms with Crippen molar-refractivity contribution in [3.8, 4) is 0 Å². The van der Waals surface area contributed by atoms with Crippen LogP contribution in [-0.4, -0.2) is 14.6 Å². The molecule has 0 aliphatic heterocycles. The van der Waals surface area contributed by atoms with Crippen LogP contribution < -0.4 is 0 Å². The lowest BCUT2D eigenvalue weighted by atomic mass is 9.87. The molecule has 1 aliphatic rings. The minimum absolute atomic E-state index is 0.688. The van der Waals surface area contributed by atoms with Crippen LogP contribution in [0.15, 0.2) is 6.20 Å². The number of fused-ring (bicyclic) bond motifs is 1. The average molecular weight is 235 g/mol. The molecule has 0 aromatic carbocycles. The van der Waals surface area contributed by atoms with Crippen molar-refractivity contribution in [2.75, 3.05) is 0 Å². The molecule has 16 heavy (non-hydrogen) atoms. The lowest BCUT2D eigenvalue weighted by Gasteiger charge is -2.19. The molecule has 3 nitrogen and oxygen atoms in total. The van der Waals surface area contributed by atoms with E-state index in [1.807, 2.05) is 4.52 Å². The van der Waals surface area contributed by atoms with Gasteiger partial charge in [0.1, 0.15) is 5.01 Å². The van der Waals surface area contributed by atoms with Crippen molar-refractivity contribution in [2.24, 2.45) is 0 Å². The summed E-state index contributed by atoms with van der Waals surface area (Å²) in [6.07, 6.45) is 9.90. The molecule has 0 bridgehead atoms. The second-order valence-corrected chi connectivity index (χ2v) is 5.62. The van der Waals surface area contributed by atoms with E-state index < -0.39 is 0 Å². The van der Waals surface area contributed by atoms with E-state index in [0.717, 1.165) is 11.4 Å². The van der Waals surface area contributed by atoms with Crippen molar-refractivity contribution in [1.29, 1.82) is 0 Å². The molecule has 0 saturated heterocycles. The number of hydrogen-bond donors (Lipinski definition) is 0. The van der Waals surface area contributed by atoms with Crippen LogP contribution in [0, 0.1) is 0 Å². The van der Waals surface area contributed by atoms with Gasteiger partial charge in [0.25, 0.3) is 0 Å². The maximum atomic E-state index is 4.72. The summed E-state index contributed by atoms with van der Waals surface area (Å²) in [5, 5.41) is 5.70. The van der Waals surface area contributed by atoms with Crippen LogP contribution in [-0.2, 0) is 6.42 Å². The normalized spacial score (nSPS) is 18.3. The third-order valence-corrected chi connectivity index (χ3v) is 4.50. The van der Waals surface area contributed by atoms with E-state index in [9.17, 15) is 0 Å². The van der Waals surface area contributed by atoms with Crippen LogP contribution in [0.2, 0.25) is 0 Å². The summed E-state index contributed by atoms with van der Waals surface area (Å²) in [5.74, 6) is 0.688. The Morgan fingerprint density at radius 3 is 2.88 bits per heavy atom. The van der Waals surface area contributed by atoms with Gasteiger partial charge in [0, 0.05) is 5.92 Å². The highest BCUT2D eigenvalue weighted by atomic mass is 32.1. The Bertz CT molecular complexity index is 448. The molecule has 0 atom stereocenters. The fourth-order valence-electron chi connectivity index (χ4n) is 2.50. The number of aromatic nitrogens is 3. The Balaban J connectivity index is 1.89. The highest BCUT2D eigenvalue weighted by Crippen LogP contribution is 2.32. The summed E-state index contributed by atoms with van der Waals surface area (Å²) in [6, 6.07) is 0. The summed E-state index contributed by atoms with van der Waals surface area (Å²) >= 11 is 1.72. The first-order valence-electron chi connectivity index (χ1n) is 6.22. The van der Waals surface area contributed by atoms with Gasteiger partial charge in [-0.2, -0.15) is 5.10 Å². The molecule has 3 rings (SSSR count). The second-order valence-electron chi connectivity index (χ2n) is 4.58. The van der Waals surface area contributed by atoms with Crippen molar-refractivity contribution >= 4 is 16.3 Å². The van der Waals surface area contributed by atoms with Crippen LogP contribution in [0.5, 0.6) is 0 Å². The Morgan fingerprint density at radius 2 is 2.19 bits per heavy atom. The van der Waals surface area contributed by atoms with Gasteiger partial charge >= 0.3 is 0 Å². The van der Waals surface area contributed by atoms with E-state index in [1.165, 1.54) is 42.8 Å². The molecule has 2 aromatic rings. The summed E-state index contributed by atoms with van der Waals surface area (Å²) in [4.78, 5) is 5.79. The van der Waals surface area contributed by atoms with Gasteiger partial charge in [-0.05, 0) is 19.3 Å². The van der Waals surface area contributed by atoms with E-state index in [0.29, 0.717) is 5.92 Å². The van der Waals surface area contributed by atoms with Crippen molar-refractivity contribution < 1.29 is 0 Å². The molecule has 0 unspecified atom stereocenters. The van der Waals surface area contributed by atoms with Crippen molar-refractivity contribution in [1.82, 2.24) is 14.6 Å². The molecule has 0 radical (unpaired) electrons. The van der Waals surface area contributed by atoms with Gasteiger partial charge in [-0.3, -0.25) is 0 Å². The predicted molar refractivity (Wildman–Crippen MR) is 66.1 cm³/mol. The highest BCUT2D eigenvalue weighted by molar-refractivity contribution is 7.16. The lowest BCUT2D eigenvalue weighted by molar-refractivity contribution is 0.438. The number of imidazole rings is 1. The predicted octanol–water partition coefficient (Wildman–Crippen LogP) is 3.40. The van der Waals surface area contributed by atoms with Gasteiger partial charge in [0.05, 0.1) is 11.9 Å². The average Bonchev–Trinajstić information content (AvgIpc) is 2.87. The molecule has 2 heterocycles. The quantitative estimate of drug-likeness (QED) is 0.798. The van der Waals surface area contributed by atoms with E-state index in [1.54, 1.807) is 11.3 Å². The lowest BCUT2D eigenvalue weighted by Crippen LogP contribution is -2.04. The Kier molecular flexibility index (Phi) is 2.67. The van der Waals surface area contributed by atoms with Gasteiger partial charge in [0.2, 0.25) is 4.96 Å². The number of nitrogens with zero attached hydrogens (tertiary/aromatic N) is 3. The molecule has 2 aromatic heterocycles. The Hall–Kier alpha value is -0.900. The molecule has 0 N–H and O–H groups in total. The number of aryl methyl sites for hydroxylation is 1. The monoisotopic (exact) mass is 235 g/mol. The van der Waals surface area contributed by atoms with E-state index in [4.69, 9.17) is 4.98 Å². The first kappa shape index (κ1) is 10.3. The zero-order chi connectivity index (χ0) is 11.0. The first-order chi connectivity index (χ1) is 7.86. The van der Waals surface area contributed by atoms with Crippen LogP contribution >= 0.6 is 11.3 Å². The maximum absolute atomic E-state index is 4.72. The zero-order valence-corrected chi connectivity index (χ0v) is 10.5. The van der Waals surface area contributed by atoms with Gasteiger partial charge in [0.15, 0.2) is 0 Å². The minimum atomic E-state index is 0.688. The van der Waals surface area contributed by atoms with E-state index in [-0.39, 0.29) is 0 Å². The van der Waals surface area contributed by atoms with Gasteiger partial charge in [-0.1, -0.05) is 37.5 Å². The summed E-state index contributed by atoms with van der Waals surface area (Å²) in [5.41, 5.74) is 1.26. The molecular formula is C12H17N3S. The smallest absolute Gasteiger partial charge is 0.212 e. The zero-order valence-electron chi connectivity index (χ0n) is 9.65. The number of rotatable bonds is 2. The SMILES string of the molecule is CCc1nn2cc(C3CCCCC3)nc2s1. The van der Waals surface area contributed by atoms with Gasteiger partial charge in [-0.15, -0.1) is 0 Å². The minimum Gasteiger partial charge on any atom is -0.222 e. The maximum Gasteiger partial charge on any atom is 0.212 e. The van der Waals surface area contributed by atoms with Crippen molar-refractivity contribution in [3.63, 3.8) is 0 Å². The third kappa shape index (κ3) is 1.75. The van der Waals surface area contributed by atoms with Crippen molar-refractivity contribution in [2.45, 2.75) is 51.4 Å². The molecule has 0 amide bonds. The topological polar surface area (TPSA) is 30.2 Å². The van der Waals surface area contributed by atoms with E-state index in [2.05, 4.69) is 18.2 Å². The Labute approximate surface area is 99.5 Å². The van der Waals surface area contributed by atoms with Crippen LogP contribution in [0.3, 0.4) is 0 Å². The molecule has 1 fully saturated rings. The van der Waals surface area contributed by atoms with Gasteiger partial charge < -0.3 is 0 Å². The standard InChI is InChI=1S/C12H17N3S/c1-2-11-14-15-8-10(13-12(15)16-11)9-6-4-3-5-7-9/h8-9H,2-7H2,1H3. The fraction of sp³-hybridized carbons (Fsp3) is 0.667. The van der Waals surface area contributed by atoms with Crippen LogP contribution in [0.25, 0.3) is 4.96 Å². The molecule has 1 saturated carbocycles. The van der Waals surface area contributed by atoms with Gasteiger partial charge in [-0.25, -0.2) is 9.50 Å². The summed E-state index contributed by atoms with van der Waals surface area (Å²) in [7, 11) is 0. The third-order valence-electron chi connectivity index (χ3n) is 3.43. The second kappa shape index (κ2) is 4.17. The summed E-state index contributed by atoms with van der Waals surface area (Å²) in [6.45, 7) is 2.14. The van der Waals surface area contributed by atoms with Crippen LogP contribution in [0.1, 0.15) is 55.6 Å². The molecule has 86 valence electrons. The van der Waals surface area contributed by atoms with Crippen molar-refractivity contribution in [3.05, 3.63) is 16.9 Å². The number of hydrogen-bond acceptors (Lipinski definition) is 3.